The molecule has 1 amide bonds. The second-order valence-corrected chi connectivity index (χ2v) is 2.80. The highest BCUT2D eigenvalue weighted by molar-refractivity contribution is 5.99. The largest absolute Gasteiger partial charge is 0.478 e. The van der Waals surface area contributed by atoms with Crippen molar-refractivity contribution in [2.75, 3.05) is 5.32 Å². The van der Waals surface area contributed by atoms with Crippen LogP contribution in [-0.2, 0) is 4.79 Å². The predicted octanol–water partition coefficient (Wildman–Crippen LogP) is 1.62. The fourth-order valence-corrected chi connectivity index (χ4v) is 1.02. The number of aromatic carboxylic acids is 1. The van der Waals surface area contributed by atoms with E-state index in [0.717, 1.165) is 6.92 Å². The minimum absolute atomic E-state index is 0.270. The van der Waals surface area contributed by atoms with Gasteiger partial charge in [0.2, 0.25) is 5.91 Å². The Morgan fingerprint density at radius 2 is 1.80 bits per heavy atom. The molecule has 0 aromatic heterocycles. The zero-order valence-corrected chi connectivity index (χ0v) is 7.67. The predicted molar refractivity (Wildman–Crippen MR) is 47.6 cm³/mol. The maximum Gasteiger partial charge on any atom is 0.337 e. The first-order valence-electron chi connectivity index (χ1n) is 3.91. The van der Waals surface area contributed by atoms with Gasteiger partial charge in [0, 0.05) is 13.0 Å². The van der Waals surface area contributed by atoms with Crippen LogP contribution in [0.25, 0.3) is 0 Å². The molecule has 0 fully saturated rings. The molecule has 0 bridgehead atoms. The van der Waals surface area contributed by atoms with Crippen molar-refractivity contribution in [2.45, 2.75) is 6.92 Å². The summed E-state index contributed by atoms with van der Waals surface area (Å²) >= 11 is 0. The van der Waals surface area contributed by atoms with Crippen LogP contribution in [0.5, 0.6) is 0 Å². The Kier molecular flexibility index (Phi) is 2.99. The lowest BCUT2D eigenvalue weighted by Gasteiger charge is -2.06. The Bertz CT molecular complexity index is 432. The molecule has 1 aromatic rings. The van der Waals surface area contributed by atoms with Gasteiger partial charge in [-0.25, -0.2) is 13.6 Å². The normalized spacial score (nSPS) is 9.80. The topological polar surface area (TPSA) is 66.4 Å². The van der Waals surface area contributed by atoms with E-state index in [9.17, 15) is 18.4 Å². The summed E-state index contributed by atoms with van der Waals surface area (Å²) in [4.78, 5) is 21.3. The Hall–Kier alpha value is -1.98. The highest BCUT2D eigenvalue weighted by Crippen LogP contribution is 2.20. The van der Waals surface area contributed by atoms with E-state index in [2.05, 4.69) is 5.32 Å². The average Bonchev–Trinajstić information content (AvgIpc) is 2.09. The van der Waals surface area contributed by atoms with Crippen molar-refractivity contribution in [1.29, 1.82) is 0 Å². The van der Waals surface area contributed by atoms with Crippen LogP contribution in [0.3, 0.4) is 0 Å². The van der Waals surface area contributed by atoms with Gasteiger partial charge in [0.1, 0.15) is 0 Å². The van der Waals surface area contributed by atoms with Crippen LogP contribution >= 0.6 is 0 Å². The molecule has 2 N–H and O–H groups in total. The number of carbonyl (C=O) groups is 2. The minimum atomic E-state index is -1.45. The van der Waals surface area contributed by atoms with Crippen LogP contribution in [0.1, 0.15) is 17.3 Å². The van der Waals surface area contributed by atoms with Crippen molar-refractivity contribution >= 4 is 17.6 Å². The van der Waals surface area contributed by atoms with E-state index in [4.69, 9.17) is 5.11 Å². The first kappa shape index (κ1) is 11.1. The molecule has 0 saturated heterocycles. The van der Waals surface area contributed by atoms with E-state index < -0.39 is 29.1 Å². The summed E-state index contributed by atoms with van der Waals surface area (Å²) in [6, 6.07) is 1.14. The van der Waals surface area contributed by atoms with Crippen molar-refractivity contribution in [3.63, 3.8) is 0 Å². The summed E-state index contributed by atoms with van der Waals surface area (Å²) in [6.07, 6.45) is 0. The van der Waals surface area contributed by atoms with Crippen LogP contribution in [0.2, 0.25) is 0 Å². The smallest absolute Gasteiger partial charge is 0.337 e. The third-order valence-electron chi connectivity index (χ3n) is 1.60. The van der Waals surface area contributed by atoms with Crippen molar-refractivity contribution < 1.29 is 23.5 Å². The number of hydrogen-bond acceptors (Lipinski definition) is 2. The molecule has 0 aliphatic carbocycles. The van der Waals surface area contributed by atoms with Gasteiger partial charge in [0.25, 0.3) is 0 Å². The summed E-state index contributed by atoms with van der Waals surface area (Å²) < 4.78 is 25.5. The van der Waals surface area contributed by atoms with Gasteiger partial charge >= 0.3 is 5.97 Å². The van der Waals surface area contributed by atoms with E-state index in [1.54, 1.807) is 0 Å². The fourth-order valence-electron chi connectivity index (χ4n) is 1.02. The molecule has 6 heteroatoms. The second kappa shape index (κ2) is 4.04. The first-order valence-corrected chi connectivity index (χ1v) is 3.91. The van der Waals surface area contributed by atoms with Gasteiger partial charge in [-0.3, -0.25) is 4.79 Å². The zero-order valence-electron chi connectivity index (χ0n) is 7.67. The molecule has 0 atom stereocenters. The van der Waals surface area contributed by atoms with Crippen LogP contribution in [0.15, 0.2) is 12.1 Å². The first-order chi connectivity index (χ1) is 6.91. The Labute approximate surface area is 83.5 Å². The van der Waals surface area contributed by atoms with E-state index in [1.807, 2.05) is 0 Å². The molecular weight excluding hydrogens is 208 g/mol. The number of anilines is 1. The number of nitrogens with one attached hydrogen (secondary N) is 1. The summed E-state index contributed by atoms with van der Waals surface area (Å²) in [5, 5.41) is 10.7. The highest BCUT2D eigenvalue weighted by atomic mass is 19.2. The summed E-state index contributed by atoms with van der Waals surface area (Å²) in [5.41, 5.74) is -0.766. The fraction of sp³-hybridized carbons (Fsp3) is 0.111. The van der Waals surface area contributed by atoms with Crippen LogP contribution in [-0.4, -0.2) is 17.0 Å². The molecule has 1 aromatic carbocycles. The van der Waals surface area contributed by atoms with Gasteiger partial charge in [-0.15, -0.1) is 0 Å². The molecule has 80 valence electrons. The molecule has 0 unspecified atom stereocenters. The Morgan fingerprint density at radius 1 is 1.27 bits per heavy atom. The lowest BCUT2D eigenvalue weighted by molar-refractivity contribution is -0.114. The zero-order chi connectivity index (χ0) is 11.6. The number of amides is 1. The molecule has 0 radical (unpaired) electrons. The SMILES string of the molecule is CC(=O)Nc1cc(F)c(F)cc1C(=O)O. The van der Waals surface area contributed by atoms with Crippen LogP contribution in [0, 0.1) is 11.6 Å². The van der Waals surface area contributed by atoms with Gasteiger partial charge in [0.05, 0.1) is 11.3 Å². The summed E-state index contributed by atoms with van der Waals surface area (Å²) in [5.74, 6) is -4.51. The molecule has 0 heterocycles. The van der Waals surface area contributed by atoms with Gasteiger partial charge < -0.3 is 10.4 Å². The number of hydrogen-bond donors (Lipinski definition) is 2. The van der Waals surface area contributed by atoms with Crippen molar-refractivity contribution in [2.24, 2.45) is 0 Å². The van der Waals surface area contributed by atoms with Crippen molar-refractivity contribution in [3.8, 4) is 0 Å². The van der Waals surface area contributed by atoms with E-state index >= 15 is 0 Å². The lowest BCUT2D eigenvalue weighted by Crippen LogP contribution is -2.11. The van der Waals surface area contributed by atoms with Gasteiger partial charge in [-0.2, -0.15) is 0 Å². The summed E-state index contributed by atoms with van der Waals surface area (Å²) in [6.45, 7) is 1.13. The molecule has 15 heavy (non-hydrogen) atoms. The second-order valence-electron chi connectivity index (χ2n) is 2.80. The third kappa shape index (κ3) is 2.49. The molecule has 0 spiro atoms. The molecule has 4 nitrogen and oxygen atoms in total. The average molecular weight is 215 g/mol. The number of rotatable bonds is 2. The van der Waals surface area contributed by atoms with E-state index in [0.29, 0.717) is 12.1 Å². The lowest BCUT2D eigenvalue weighted by atomic mass is 10.1. The standard InChI is InChI=1S/C9H7F2NO3/c1-4(13)12-8-3-7(11)6(10)2-5(8)9(14)15/h2-3H,1H3,(H,12,13)(H,14,15). The highest BCUT2D eigenvalue weighted by Gasteiger charge is 2.15. The molecule has 0 aliphatic heterocycles. The molecular formula is C9H7F2NO3. The number of carboxylic acid groups (broad SMARTS) is 1. The summed E-state index contributed by atoms with van der Waals surface area (Å²) in [7, 11) is 0. The van der Waals surface area contributed by atoms with Crippen LogP contribution in [0.4, 0.5) is 14.5 Å². The number of halogens is 2. The van der Waals surface area contributed by atoms with Gasteiger partial charge in [-0.1, -0.05) is 0 Å². The molecule has 0 aliphatic rings. The van der Waals surface area contributed by atoms with Crippen LogP contribution < -0.4 is 5.32 Å². The Balaban J connectivity index is 3.28. The molecule has 1 rings (SSSR count). The number of carbonyl (C=O) groups excluding carboxylic acids is 1. The van der Waals surface area contributed by atoms with Gasteiger partial charge in [-0.05, 0) is 6.07 Å². The monoisotopic (exact) mass is 215 g/mol. The van der Waals surface area contributed by atoms with Crippen molar-refractivity contribution in [1.82, 2.24) is 0 Å². The van der Waals surface area contributed by atoms with Crippen molar-refractivity contribution in [3.05, 3.63) is 29.3 Å². The number of carboxylic acids is 1. The van der Waals surface area contributed by atoms with E-state index in [-0.39, 0.29) is 5.69 Å². The third-order valence-corrected chi connectivity index (χ3v) is 1.60. The maximum absolute atomic E-state index is 12.8. The van der Waals surface area contributed by atoms with E-state index in [1.165, 1.54) is 0 Å². The van der Waals surface area contributed by atoms with Gasteiger partial charge in [0.15, 0.2) is 11.6 Å². The minimum Gasteiger partial charge on any atom is -0.478 e. The quantitative estimate of drug-likeness (QED) is 0.787. The Morgan fingerprint density at radius 3 is 2.27 bits per heavy atom. The number of benzene rings is 1. The maximum atomic E-state index is 12.8. The molecule has 0 saturated carbocycles.